The monoisotopic (exact) mass is 340 g/mol. The van der Waals surface area contributed by atoms with Gasteiger partial charge in [0, 0.05) is 30.8 Å². The fraction of sp³-hybridized carbons (Fsp3) is 0.368. The van der Waals surface area contributed by atoms with Crippen molar-refractivity contribution in [2.75, 3.05) is 10.6 Å². The smallest absolute Gasteiger partial charge is 0.228 e. The van der Waals surface area contributed by atoms with Gasteiger partial charge in [-0.15, -0.1) is 0 Å². The van der Waals surface area contributed by atoms with E-state index in [9.17, 15) is 9.59 Å². The van der Waals surface area contributed by atoms with Crippen molar-refractivity contribution in [2.24, 2.45) is 5.92 Å². The van der Waals surface area contributed by atoms with Crippen molar-refractivity contribution in [3.8, 4) is 0 Å². The lowest BCUT2D eigenvalue weighted by molar-refractivity contribution is -0.121. The van der Waals surface area contributed by atoms with E-state index in [0.717, 1.165) is 37.9 Å². The van der Waals surface area contributed by atoms with E-state index >= 15 is 0 Å². The number of H-pyrrole nitrogens is 1. The summed E-state index contributed by atoms with van der Waals surface area (Å²) in [5.74, 6) is 0.634. The number of nitrogens with one attached hydrogen (secondary N) is 4. The maximum atomic E-state index is 12.4. The fourth-order valence-electron chi connectivity index (χ4n) is 3.28. The van der Waals surface area contributed by atoms with Crippen LogP contribution in [0.25, 0.3) is 0 Å². The zero-order valence-electron chi connectivity index (χ0n) is 14.1. The third-order valence-corrected chi connectivity index (χ3v) is 4.63. The second-order valence-corrected chi connectivity index (χ2v) is 6.48. The minimum atomic E-state index is -0.0600. The number of benzene rings is 1. The molecule has 1 aliphatic rings. The van der Waals surface area contributed by atoms with E-state index in [1.54, 1.807) is 0 Å². The third kappa shape index (κ3) is 4.86. The van der Waals surface area contributed by atoms with Gasteiger partial charge >= 0.3 is 0 Å². The summed E-state index contributed by atoms with van der Waals surface area (Å²) in [5, 5.41) is 9.06. The first-order chi connectivity index (χ1) is 12.2. The van der Waals surface area contributed by atoms with Crippen molar-refractivity contribution in [1.82, 2.24) is 10.3 Å². The van der Waals surface area contributed by atoms with Crippen molar-refractivity contribution < 1.29 is 9.59 Å². The van der Waals surface area contributed by atoms with Crippen LogP contribution in [0.2, 0.25) is 0 Å². The Balaban J connectivity index is 1.50. The Kier molecular flexibility index (Phi) is 5.72. The number of hydrogen-bond acceptors (Lipinski definition) is 3. The summed E-state index contributed by atoms with van der Waals surface area (Å²) in [5.41, 5.74) is 2.13. The normalized spacial score (nSPS) is 19.8. The Hall–Kier alpha value is -2.76. The molecule has 0 saturated heterocycles. The molecule has 1 aromatic carbocycles. The van der Waals surface area contributed by atoms with Gasteiger partial charge in [-0.25, -0.2) is 0 Å². The highest BCUT2D eigenvalue weighted by Crippen LogP contribution is 2.26. The van der Waals surface area contributed by atoms with E-state index in [1.165, 1.54) is 5.56 Å². The first-order valence-corrected chi connectivity index (χ1v) is 8.71. The Morgan fingerprint density at radius 3 is 2.88 bits per heavy atom. The van der Waals surface area contributed by atoms with Crippen LogP contribution in [-0.2, 0) is 16.1 Å². The molecule has 2 unspecified atom stereocenters. The number of aromatic amines is 1. The molecule has 0 radical (unpaired) electrons. The molecule has 2 atom stereocenters. The van der Waals surface area contributed by atoms with E-state index in [0.29, 0.717) is 12.2 Å². The van der Waals surface area contributed by atoms with Gasteiger partial charge in [0.1, 0.15) is 5.82 Å². The van der Waals surface area contributed by atoms with Crippen LogP contribution in [0.1, 0.15) is 31.2 Å². The molecule has 1 fully saturated rings. The molecule has 1 aliphatic carbocycles. The molecule has 3 rings (SSSR count). The quantitative estimate of drug-likeness (QED) is 0.585. The molecule has 25 heavy (non-hydrogen) atoms. The molecule has 1 aromatic heterocycles. The van der Waals surface area contributed by atoms with Crippen LogP contribution in [0, 0.1) is 5.92 Å². The second kappa shape index (κ2) is 8.37. The van der Waals surface area contributed by atoms with Crippen molar-refractivity contribution in [1.29, 1.82) is 0 Å². The fourth-order valence-corrected chi connectivity index (χ4v) is 3.28. The topological polar surface area (TPSA) is 86.0 Å². The standard InChI is InChI=1S/C19H24N4O2/c24-13-22-16-8-4-7-15(9-16)19(25)23-18-10-17(12-21-18)20-11-14-5-2-1-3-6-14/h1-3,5-6,10,12-13,15-16,20-21H,4,7-9,11H2,(H,22,24)(H,23,25). The van der Waals surface area contributed by atoms with E-state index in [2.05, 4.69) is 33.1 Å². The van der Waals surface area contributed by atoms with Gasteiger partial charge in [0.2, 0.25) is 12.3 Å². The minimum absolute atomic E-state index is 0.00820. The third-order valence-electron chi connectivity index (χ3n) is 4.63. The highest BCUT2D eigenvalue weighted by molar-refractivity contribution is 5.92. The Morgan fingerprint density at radius 1 is 1.24 bits per heavy atom. The number of amides is 2. The van der Waals surface area contributed by atoms with Gasteiger partial charge in [0.25, 0.3) is 0 Å². The summed E-state index contributed by atoms with van der Waals surface area (Å²) in [6.07, 6.45) is 6.03. The van der Waals surface area contributed by atoms with Crippen LogP contribution in [0.5, 0.6) is 0 Å². The summed E-state index contributed by atoms with van der Waals surface area (Å²) in [6.45, 7) is 0.730. The van der Waals surface area contributed by atoms with Crippen LogP contribution in [0.3, 0.4) is 0 Å². The lowest BCUT2D eigenvalue weighted by Crippen LogP contribution is -2.37. The second-order valence-electron chi connectivity index (χ2n) is 6.48. The molecule has 0 bridgehead atoms. The van der Waals surface area contributed by atoms with E-state index in [-0.39, 0.29) is 17.9 Å². The van der Waals surface area contributed by atoms with Gasteiger partial charge in [-0.3, -0.25) is 9.59 Å². The molecule has 2 aromatic rings. The van der Waals surface area contributed by atoms with Gasteiger partial charge in [0.15, 0.2) is 0 Å². The first-order valence-electron chi connectivity index (χ1n) is 8.71. The van der Waals surface area contributed by atoms with Gasteiger partial charge < -0.3 is 20.9 Å². The van der Waals surface area contributed by atoms with Crippen LogP contribution < -0.4 is 16.0 Å². The predicted octanol–water partition coefficient (Wildman–Crippen LogP) is 2.87. The molecule has 1 heterocycles. The molecule has 4 N–H and O–H groups in total. The molecular formula is C19H24N4O2. The van der Waals surface area contributed by atoms with Crippen molar-refractivity contribution in [2.45, 2.75) is 38.3 Å². The lowest BCUT2D eigenvalue weighted by atomic mass is 9.85. The van der Waals surface area contributed by atoms with Gasteiger partial charge in [0.05, 0.1) is 5.69 Å². The van der Waals surface area contributed by atoms with Gasteiger partial charge in [-0.05, 0) is 24.8 Å². The molecule has 0 spiro atoms. The molecule has 6 heteroatoms. The zero-order valence-corrected chi connectivity index (χ0v) is 14.1. The maximum Gasteiger partial charge on any atom is 0.228 e. The average molecular weight is 340 g/mol. The SMILES string of the molecule is O=CNC1CCCC(C(=O)Nc2cc(NCc3ccccc3)c[nH]2)C1. The summed E-state index contributed by atoms with van der Waals surface area (Å²) in [6, 6.07) is 12.1. The Bertz CT molecular complexity index is 698. The molecule has 132 valence electrons. The Morgan fingerprint density at radius 2 is 2.08 bits per heavy atom. The van der Waals surface area contributed by atoms with Crippen molar-refractivity contribution >= 4 is 23.8 Å². The van der Waals surface area contributed by atoms with Crippen LogP contribution in [-0.4, -0.2) is 23.3 Å². The molecule has 0 aliphatic heterocycles. The maximum absolute atomic E-state index is 12.4. The van der Waals surface area contributed by atoms with E-state index < -0.39 is 0 Å². The number of carbonyl (C=O) groups excluding carboxylic acids is 2. The Labute approximate surface area is 147 Å². The molecule has 1 saturated carbocycles. The number of aromatic nitrogens is 1. The average Bonchev–Trinajstić information content (AvgIpc) is 3.09. The highest BCUT2D eigenvalue weighted by Gasteiger charge is 2.27. The first kappa shape index (κ1) is 17.1. The van der Waals surface area contributed by atoms with Crippen molar-refractivity contribution in [3.05, 3.63) is 48.2 Å². The van der Waals surface area contributed by atoms with Crippen LogP contribution in [0.15, 0.2) is 42.6 Å². The van der Waals surface area contributed by atoms with E-state index in [4.69, 9.17) is 0 Å². The largest absolute Gasteiger partial charge is 0.380 e. The molecule has 6 nitrogen and oxygen atoms in total. The number of rotatable bonds is 7. The number of carbonyl (C=O) groups is 2. The highest BCUT2D eigenvalue weighted by atomic mass is 16.2. The number of anilines is 2. The summed E-state index contributed by atoms with van der Waals surface area (Å²) in [7, 11) is 0. The van der Waals surface area contributed by atoms with Gasteiger partial charge in [-0.2, -0.15) is 0 Å². The van der Waals surface area contributed by atoms with E-state index in [1.807, 2.05) is 30.5 Å². The summed E-state index contributed by atoms with van der Waals surface area (Å²) >= 11 is 0. The summed E-state index contributed by atoms with van der Waals surface area (Å²) < 4.78 is 0. The lowest BCUT2D eigenvalue weighted by Gasteiger charge is -2.27. The van der Waals surface area contributed by atoms with Gasteiger partial charge in [-0.1, -0.05) is 36.8 Å². The number of hydrogen-bond donors (Lipinski definition) is 4. The minimum Gasteiger partial charge on any atom is -0.380 e. The van der Waals surface area contributed by atoms with Crippen LogP contribution >= 0.6 is 0 Å². The molecular weight excluding hydrogens is 316 g/mol. The molecule has 2 amide bonds. The zero-order chi connectivity index (χ0) is 17.5. The van der Waals surface area contributed by atoms with Crippen LogP contribution in [0.4, 0.5) is 11.5 Å². The predicted molar refractivity (Wildman–Crippen MR) is 98.1 cm³/mol. The van der Waals surface area contributed by atoms with Crippen molar-refractivity contribution in [3.63, 3.8) is 0 Å². The summed E-state index contributed by atoms with van der Waals surface area (Å²) in [4.78, 5) is 26.1.